The van der Waals surface area contributed by atoms with Gasteiger partial charge in [0.15, 0.2) is 0 Å². The van der Waals surface area contributed by atoms with Crippen molar-refractivity contribution in [2.24, 2.45) is 5.92 Å². The van der Waals surface area contributed by atoms with E-state index in [9.17, 15) is 19.8 Å². The van der Waals surface area contributed by atoms with Gasteiger partial charge >= 0.3 is 12.1 Å². The van der Waals surface area contributed by atoms with E-state index < -0.39 is 5.97 Å². The largest absolute Gasteiger partial charge is 0.507 e. The molecule has 31 heavy (non-hydrogen) atoms. The standard InChI is InChI=1S/C25H27NO5/c27-22-14-20-17(12-18(22)23(28)29)13-21-19-8-4-5-9-25(19,20)10-11-26(21)24(30)31-15-16-6-2-1-3-7-16/h1-3,6-7,12,14,19,21,27H,4-5,8-11,13,15H2,(H,28,29)/t19-,21+,25+/m1/s1. The number of amides is 1. The molecule has 162 valence electrons. The van der Waals surface area contributed by atoms with E-state index in [0.717, 1.165) is 48.8 Å². The van der Waals surface area contributed by atoms with Crippen LogP contribution in [0.3, 0.4) is 0 Å². The number of hydrogen-bond donors (Lipinski definition) is 2. The summed E-state index contributed by atoms with van der Waals surface area (Å²) in [5.41, 5.74) is 2.82. The average molecular weight is 421 g/mol. The zero-order valence-corrected chi connectivity index (χ0v) is 17.4. The van der Waals surface area contributed by atoms with Crippen LogP contribution >= 0.6 is 0 Å². The van der Waals surface area contributed by atoms with Gasteiger partial charge in [0, 0.05) is 18.0 Å². The fourth-order valence-corrected chi connectivity index (χ4v) is 6.25. The van der Waals surface area contributed by atoms with Crippen LogP contribution in [0.2, 0.25) is 0 Å². The summed E-state index contributed by atoms with van der Waals surface area (Å²) in [6.45, 7) is 0.863. The first kappa shape index (κ1) is 19.9. The Balaban J connectivity index is 1.46. The van der Waals surface area contributed by atoms with Gasteiger partial charge < -0.3 is 19.8 Å². The molecule has 0 radical (unpaired) electrons. The summed E-state index contributed by atoms with van der Waals surface area (Å²) in [6, 6.07) is 13.0. The number of hydrogen-bond acceptors (Lipinski definition) is 4. The first-order valence-corrected chi connectivity index (χ1v) is 11.1. The summed E-state index contributed by atoms with van der Waals surface area (Å²) in [6.07, 6.45) is 5.41. The zero-order chi connectivity index (χ0) is 21.6. The quantitative estimate of drug-likeness (QED) is 0.763. The molecule has 0 unspecified atom stereocenters. The summed E-state index contributed by atoms with van der Waals surface area (Å²) in [7, 11) is 0. The first-order chi connectivity index (χ1) is 15.0. The second kappa shape index (κ2) is 7.59. The third-order valence-corrected chi connectivity index (χ3v) is 7.62. The number of phenols is 1. The molecular weight excluding hydrogens is 394 g/mol. The maximum absolute atomic E-state index is 13.1. The molecule has 3 aliphatic rings. The van der Waals surface area contributed by atoms with E-state index in [0.29, 0.717) is 18.9 Å². The van der Waals surface area contributed by atoms with Crippen molar-refractivity contribution >= 4 is 12.1 Å². The Bertz CT molecular complexity index is 1020. The Morgan fingerprint density at radius 1 is 1.13 bits per heavy atom. The van der Waals surface area contributed by atoms with Crippen LogP contribution in [0.1, 0.15) is 59.2 Å². The van der Waals surface area contributed by atoms with E-state index >= 15 is 0 Å². The number of aromatic carboxylic acids is 1. The van der Waals surface area contributed by atoms with Gasteiger partial charge in [0.25, 0.3) is 0 Å². The number of benzene rings is 2. The predicted molar refractivity (Wildman–Crippen MR) is 114 cm³/mol. The summed E-state index contributed by atoms with van der Waals surface area (Å²) in [4.78, 5) is 26.5. The number of aromatic hydroxyl groups is 1. The number of rotatable bonds is 3. The minimum Gasteiger partial charge on any atom is -0.507 e. The van der Waals surface area contributed by atoms with Gasteiger partial charge in [-0.1, -0.05) is 43.2 Å². The number of carbonyl (C=O) groups excluding carboxylic acids is 1. The van der Waals surface area contributed by atoms with Crippen LogP contribution in [0, 0.1) is 5.92 Å². The highest BCUT2D eigenvalue weighted by molar-refractivity contribution is 5.91. The monoisotopic (exact) mass is 421 g/mol. The highest BCUT2D eigenvalue weighted by Crippen LogP contribution is 2.56. The minimum atomic E-state index is -1.13. The molecule has 0 spiro atoms. The summed E-state index contributed by atoms with van der Waals surface area (Å²) in [5, 5.41) is 19.8. The molecule has 3 atom stereocenters. The van der Waals surface area contributed by atoms with Gasteiger partial charge in [-0.05, 0) is 60.4 Å². The summed E-state index contributed by atoms with van der Waals surface area (Å²) in [5.74, 6) is -0.984. The van der Waals surface area contributed by atoms with Gasteiger partial charge in [0.2, 0.25) is 0 Å². The Labute approximate surface area is 181 Å². The van der Waals surface area contributed by atoms with Crippen LogP contribution in [0.15, 0.2) is 42.5 Å². The zero-order valence-electron chi connectivity index (χ0n) is 17.4. The molecule has 0 aromatic heterocycles. The number of ether oxygens (including phenoxy) is 1. The summed E-state index contributed by atoms with van der Waals surface area (Å²) < 4.78 is 5.66. The van der Waals surface area contributed by atoms with Crippen molar-refractivity contribution in [1.82, 2.24) is 4.90 Å². The Kier molecular flexibility index (Phi) is 4.88. The molecule has 1 saturated heterocycles. The van der Waals surface area contributed by atoms with Crippen molar-refractivity contribution in [2.45, 2.75) is 56.6 Å². The number of fused-ring (bicyclic) bond motifs is 1. The van der Waals surface area contributed by atoms with Gasteiger partial charge in [-0.15, -0.1) is 0 Å². The lowest BCUT2D eigenvalue weighted by molar-refractivity contribution is -0.0137. The average Bonchev–Trinajstić information content (AvgIpc) is 2.78. The molecule has 2 N–H and O–H groups in total. The molecule has 1 saturated carbocycles. The van der Waals surface area contributed by atoms with E-state index in [4.69, 9.17) is 4.74 Å². The van der Waals surface area contributed by atoms with Crippen LogP contribution in [0.25, 0.3) is 0 Å². The second-order valence-corrected chi connectivity index (χ2v) is 9.10. The molecule has 2 aromatic carbocycles. The van der Waals surface area contributed by atoms with Crippen molar-refractivity contribution in [3.63, 3.8) is 0 Å². The first-order valence-electron chi connectivity index (χ1n) is 11.1. The highest BCUT2D eigenvalue weighted by Gasteiger charge is 2.55. The molecule has 5 rings (SSSR count). The van der Waals surface area contributed by atoms with Gasteiger partial charge in [0.05, 0.1) is 0 Å². The third-order valence-electron chi connectivity index (χ3n) is 7.62. The lowest BCUT2D eigenvalue weighted by atomic mass is 9.52. The molecular formula is C25H27NO5. The molecule has 1 amide bonds. The minimum absolute atomic E-state index is 0.00369. The van der Waals surface area contributed by atoms with Crippen molar-refractivity contribution < 1.29 is 24.5 Å². The Morgan fingerprint density at radius 3 is 2.71 bits per heavy atom. The third kappa shape index (κ3) is 3.25. The van der Waals surface area contributed by atoms with Crippen LogP contribution in [-0.4, -0.2) is 39.8 Å². The van der Waals surface area contributed by atoms with Crippen molar-refractivity contribution in [2.75, 3.05) is 6.54 Å². The maximum atomic E-state index is 13.1. The van der Waals surface area contributed by atoms with E-state index in [1.54, 1.807) is 12.1 Å². The summed E-state index contributed by atoms with van der Waals surface area (Å²) >= 11 is 0. The number of piperidine rings is 1. The van der Waals surface area contributed by atoms with Crippen molar-refractivity contribution in [3.8, 4) is 5.75 Å². The lowest BCUT2D eigenvalue weighted by Gasteiger charge is -2.58. The normalized spacial score (nSPS) is 26.5. The Hall–Kier alpha value is -3.02. The topological polar surface area (TPSA) is 87.1 Å². The predicted octanol–water partition coefficient (Wildman–Crippen LogP) is 4.49. The fourth-order valence-electron chi connectivity index (χ4n) is 6.25. The van der Waals surface area contributed by atoms with Gasteiger partial charge in [-0.2, -0.15) is 0 Å². The molecule has 6 nitrogen and oxygen atoms in total. The number of likely N-dealkylation sites (tertiary alicyclic amines) is 1. The SMILES string of the molecule is O=C(O)c1cc2c(cc1O)[C@]13CCCC[C@@H]1[C@H](C2)N(C(=O)OCc1ccccc1)CC3. The maximum Gasteiger partial charge on any atom is 0.410 e. The Morgan fingerprint density at radius 2 is 1.94 bits per heavy atom. The molecule has 2 aliphatic carbocycles. The fraction of sp³-hybridized carbons (Fsp3) is 0.440. The van der Waals surface area contributed by atoms with Crippen LogP contribution in [0.4, 0.5) is 4.79 Å². The van der Waals surface area contributed by atoms with Crippen LogP contribution < -0.4 is 0 Å². The number of nitrogens with zero attached hydrogens (tertiary/aromatic N) is 1. The smallest absolute Gasteiger partial charge is 0.410 e. The second-order valence-electron chi connectivity index (χ2n) is 9.10. The number of carbonyl (C=O) groups is 2. The van der Waals surface area contributed by atoms with Crippen LogP contribution in [-0.2, 0) is 23.2 Å². The number of carboxylic acid groups (broad SMARTS) is 1. The van der Waals surface area contributed by atoms with Gasteiger partial charge in [0.1, 0.15) is 17.9 Å². The molecule has 1 heterocycles. The van der Waals surface area contributed by atoms with E-state index in [-0.39, 0.29) is 35.5 Å². The van der Waals surface area contributed by atoms with E-state index in [1.807, 2.05) is 35.2 Å². The van der Waals surface area contributed by atoms with E-state index in [1.165, 1.54) is 0 Å². The number of carboxylic acids is 1. The molecule has 2 fully saturated rings. The van der Waals surface area contributed by atoms with Crippen molar-refractivity contribution in [3.05, 3.63) is 64.7 Å². The molecule has 2 bridgehead atoms. The molecule has 2 aromatic rings. The molecule has 6 heteroatoms. The lowest BCUT2D eigenvalue weighted by Crippen LogP contribution is -2.62. The van der Waals surface area contributed by atoms with Gasteiger partial charge in [-0.3, -0.25) is 0 Å². The van der Waals surface area contributed by atoms with Crippen molar-refractivity contribution in [1.29, 1.82) is 0 Å². The van der Waals surface area contributed by atoms with E-state index in [2.05, 4.69) is 0 Å². The van der Waals surface area contributed by atoms with Gasteiger partial charge in [-0.25, -0.2) is 9.59 Å². The molecule has 1 aliphatic heterocycles. The van der Waals surface area contributed by atoms with Crippen LogP contribution in [0.5, 0.6) is 5.75 Å². The highest BCUT2D eigenvalue weighted by atomic mass is 16.6.